The van der Waals surface area contributed by atoms with Gasteiger partial charge in [-0.1, -0.05) is 12.1 Å². The molecule has 0 heterocycles. The summed E-state index contributed by atoms with van der Waals surface area (Å²) in [6.07, 6.45) is 1.55. The summed E-state index contributed by atoms with van der Waals surface area (Å²) >= 11 is 1.82. The molecule has 1 aromatic rings. The first-order valence-corrected chi connectivity index (χ1v) is 8.43. The summed E-state index contributed by atoms with van der Waals surface area (Å²) < 4.78 is 0. The summed E-state index contributed by atoms with van der Waals surface area (Å²) in [5, 5.41) is 3.50. The van der Waals surface area contributed by atoms with Crippen LogP contribution in [0, 0.1) is 0 Å². The van der Waals surface area contributed by atoms with Gasteiger partial charge in [0.2, 0.25) is 5.91 Å². The van der Waals surface area contributed by atoms with Crippen molar-refractivity contribution in [3.63, 3.8) is 0 Å². The number of hydrogen-bond acceptors (Lipinski definition) is 3. The predicted molar refractivity (Wildman–Crippen MR) is 91.7 cm³/mol. The fourth-order valence-electron chi connectivity index (χ4n) is 1.75. The lowest BCUT2D eigenvalue weighted by molar-refractivity contribution is -0.128. The minimum Gasteiger partial charge on any atom is -0.349 e. The number of hydrogen-bond donors (Lipinski definition) is 1. The van der Waals surface area contributed by atoms with Gasteiger partial charge >= 0.3 is 0 Å². The Balaban J connectivity index is 2.37. The van der Waals surface area contributed by atoms with E-state index in [1.807, 2.05) is 11.8 Å². The topological polar surface area (TPSA) is 32.3 Å². The third-order valence-corrected chi connectivity index (χ3v) is 4.10. The monoisotopic (exact) mass is 308 g/mol. The van der Waals surface area contributed by atoms with Crippen LogP contribution in [0.1, 0.15) is 39.2 Å². The molecule has 1 rings (SSSR count). The lowest BCUT2D eigenvalue weighted by Gasteiger charge is -2.20. The van der Waals surface area contributed by atoms with Crippen LogP contribution in [0.5, 0.6) is 0 Å². The molecular weight excluding hydrogens is 280 g/mol. The standard InChI is InChI=1S/C17H28N2OS/c1-17(2,3)18-13-14-8-6-9-15(12-14)21-11-7-10-16(20)19(4)5/h6,8-9,12,18H,7,10-11,13H2,1-5H3. The molecule has 0 aliphatic heterocycles. The van der Waals surface area contributed by atoms with Gasteiger partial charge in [0.15, 0.2) is 0 Å². The average molecular weight is 308 g/mol. The molecule has 0 aliphatic rings. The third-order valence-electron chi connectivity index (χ3n) is 3.02. The Morgan fingerprint density at radius 3 is 2.62 bits per heavy atom. The van der Waals surface area contributed by atoms with E-state index >= 15 is 0 Å². The molecule has 3 nitrogen and oxygen atoms in total. The summed E-state index contributed by atoms with van der Waals surface area (Å²) in [6, 6.07) is 8.63. The molecule has 4 heteroatoms. The highest BCUT2D eigenvalue weighted by Gasteiger charge is 2.08. The number of carbonyl (C=O) groups is 1. The maximum Gasteiger partial charge on any atom is 0.222 e. The van der Waals surface area contributed by atoms with E-state index in [1.54, 1.807) is 19.0 Å². The van der Waals surface area contributed by atoms with Crippen LogP contribution in [0.3, 0.4) is 0 Å². The van der Waals surface area contributed by atoms with Crippen molar-refractivity contribution in [2.45, 2.75) is 50.6 Å². The molecule has 0 aromatic heterocycles. The fourth-order valence-corrected chi connectivity index (χ4v) is 2.68. The maximum absolute atomic E-state index is 11.5. The van der Waals surface area contributed by atoms with Gasteiger partial charge in [-0.2, -0.15) is 0 Å². The van der Waals surface area contributed by atoms with Gasteiger partial charge < -0.3 is 10.2 Å². The lowest BCUT2D eigenvalue weighted by Crippen LogP contribution is -2.35. The number of rotatable bonds is 7. The Morgan fingerprint density at radius 1 is 1.29 bits per heavy atom. The van der Waals surface area contributed by atoms with Gasteiger partial charge in [-0.15, -0.1) is 11.8 Å². The van der Waals surface area contributed by atoms with Crippen LogP contribution in [0.15, 0.2) is 29.2 Å². The molecule has 0 bridgehead atoms. The molecule has 0 unspecified atom stereocenters. The summed E-state index contributed by atoms with van der Waals surface area (Å²) in [7, 11) is 3.61. The SMILES string of the molecule is CN(C)C(=O)CCCSc1cccc(CNC(C)(C)C)c1. The first-order valence-electron chi connectivity index (χ1n) is 7.45. The van der Waals surface area contributed by atoms with E-state index in [2.05, 4.69) is 50.4 Å². The van der Waals surface area contributed by atoms with Gasteiger partial charge in [0.05, 0.1) is 0 Å². The zero-order chi connectivity index (χ0) is 15.9. The van der Waals surface area contributed by atoms with Gasteiger partial charge in [0.1, 0.15) is 0 Å². The van der Waals surface area contributed by atoms with E-state index in [-0.39, 0.29) is 11.4 Å². The van der Waals surface area contributed by atoms with Crippen LogP contribution in [-0.4, -0.2) is 36.2 Å². The van der Waals surface area contributed by atoms with E-state index < -0.39 is 0 Å². The van der Waals surface area contributed by atoms with Crippen LogP contribution in [-0.2, 0) is 11.3 Å². The Morgan fingerprint density at radius 2 is 2.00 bits per heavy atom. The van der Waals surface area contributed by atoms with E-state index in [0.29, 0.717) is 6.42 Å². The second-order valence-electron chi connectivity index (χ2n) is 6.49. The number of thioether (sulfide) groups is 1. The molecular formula is C17H28N2OS. The first kappa shape index (κ1) is 18.1. The van der Waals surface area contributed by atoms with Crippen molar-refractivity contribution < 1.29 is 4.79 Å². The Kier molecular flexibility index (Phi) is 7.26. The molecule has 0 saturated carbocycles. The van der Waals surface area contributed by atoms with Crippen molar-refractivity contribution in [3.05, 3.63) is 29.8 Å². The molecule has 0 aliphatic carbocycles. The summed E-state index contributed by atoms with van der Waals surface area (Å²) in [4.78, 5) is 14.4. The summed E-state index contributed by atoms with van der Waals surface area (Å²) in [5.41, 5.74) is 1.44. The van der Waals surface area contributed by atoms with E-state index in [1.165, 1.54) is 10.5 Å². The molecule has 0 atom stereocenters. The number of nitrogens with one attached hydrogen (secondary N) is 1. The van der Waals surface area contributed by atoms with Crippen molar-refractivity contribution in [3.8, 4) is 0 Å². The molecule has 0 fully saturated rings. The largest absolute Gasteiger partial charge is 0.349 e. The molecule has 1 aromatic carbocycles. The molecule has 1 N–H and O–H groups in total. The van der Waals surface area contributed by atoms with Crippen molar-refractivity contribution in [2.75, 3.05) is 19.8 Å². The van der Waals surface area contributed by atoms with Crippen LogP contribution < -0.4 is 5.32 Å². The summed E-state index contributed by atoms with van der Waals surface area (Å²) in [6.45, 7) is 7.41. The minimum absolute atomic E-state index is 0.135. The second-order valence-corrected chi connectivity index (χ2v) is 7.66. The normalized spacial score (nSPS) is 11.5. The highest BCUT2D eigenvalue weighted by molar-refractivity contribution is 7.99. The van der Waals surface area contributed by atoms with E-state index in [4.69, 9.17) is 0 Å². The Bertz CT molecular complexity index is 452. The van der Waals surface area contributed by atoms with Gasteiger partial charge in [0.25, 0.3) is 0 Å². The molecule has 118 valence electrons. The zero-order valence-electron chi connectivity index (χ0n) is 13.9. The first-order chi connectivity index (χ1) is 9.78. The average Bonchev–Trinajstić information content (AvgIpc) is 2.40. The smallest absolute Gasteiger partial charge is 0.222 e. The van der Waals surface area contributed by atoms with Crippen molar-refractivity contribution in [1.29, 1.82) is 0 Å². The highest BCUT2D eigenvalue weighted by Crippen LogP contribution is 2.21. The number of carbonyl (C=O) groups excluding carboxylic acids is 1. The molecule has 0 saturated heterocycles. The molecule has 0 radical (unpaired) electrons. The Hall–Kier alpha value is -1.00. The summed E-state index contributed by atoms with van der Waals surface area (Å²) in [5.74, 6) is 1.19. The van der Waals surface area contributed by atoms with Gasteiger partial charge in [-0.05, 0) is 50.6 Å². The zero-order valence-corrected chi connectivity index (χ0v) is 14.7. The second kappa shape index (κ2) is 8.44. The third kappa shape index (κ3) is 8.12. The van der Waals surface area contributed by atoms with E-state index in [0.717, 1.165) is 18.7 Å². The van der Waals surface area contributed by atoms with Crippen LogP contribution in [0.25, 0.3) is 0 Å². The van der Waals surface area contributed by atoms with E-state index in [9.17, 15) is 4.79 Å². The van der Waals surface area contributed by atoms with Crippen LogP contribution in [0.2, 0.25) is 0 Å². The van der Waals surface area contributed by atoms with Crippen molar-refractivity contribution in [2.24, 2.45) is 0 Å². The maximum atomic E-state index is 11.5. The number of nitrogens with zero attached hydrogens (tertiary/aromatic N) is 1. The highest BCUT2D eigenvalue weighted by atomic mass is 32.2. The van der Waals surface area contributed by atoms with Gasteiger partial charge in [-0.3, -0.25) is 4.79 Å². The molecule has 0 spiro atoms. The molecule has 21 heavy (non-hydrogen) atoms. The lowest BCUT2D eigenvalue weighted by atomic mass is 10.1. The minimum atomic E-state index is 0.135. The van der Waals surface area contributed by atoms with Crippen LogP contribution >= 0.6 is 11.8 Å². The van der Waals surface area contributed by atoms with Crippen molar-refractivity contribution in [1.82, 2.24) is 10.2 Å². The predicted octanol–water partition coefficient (Wildman–Crippen LogP) is 3.54. The Labute approximate surface area is 133 Å². The van der Waals surface area contributed by atoms with Gasteiger partial charge in [0, 0.05) is 37.5 Å². The fraction of sp³-hybridized carbons (Fsp3) is 0.588. The van der Waals surface area contributed by atoms with Crippen LogP contribution in [0.4, 0.5) is 0 Å². The molecule has 1 amide bonds. The number of amides is 1. The van der Waals surface area contributed by atoms with Gasteiger partial charge in [-0.25, -0.2) is 0 Å². The van der Waals surface area contributed by atoms with Crippen molar-refractivity contribution >= 4 is 17.7 Å². The quantitative estimate of drug-likeness (QED) is 0.618. The number of benzene rings is 1.